The highest BCUT2D eigenvalue weighted by Gasteiger charge is 2.23. The van der Waals surface area contributed by atoms with Gasteiger partial charge >= 0.3 is 0 Å². The van der Waals surface area contributed by atoms with Gasteiger partial charge in [-0.15, -0.1) is 0 Å². The molecule has 1 aliphatic rings. The maximum absolute atomic E-state index is 12.8. The van der Waals surface area contributed by atoms with Gasteiger partial charge in [-0.3, -0.25) is 9.78 Å². The van der Waals surface area contributed by atoms with Crippen molar-refractivity contribution >= 4 is 17.3 Å². The van der Waals surface area contributed by atoms with Crippen LogP contribution in [0.1, 0.15) is 23.2 Å². The van der Waals surface area contributed by atoms with Gasteiger partial charge in [0, 0.05) is 17.9 Å². The number of benzene rings is 1. The first kappa shape index (κ1) is 12.6. The van der Waals surface area contributed by atoms with Crippen LogP contribution in [0.5, 0.6) is 0 Å². The van der Waals surface area contributed by atoms with Crippen molar-refractivity contribution in [2.24, 2.45) is 0 Å². The molecule has 2 aromatic rings. The number of halogens is 1. The van der Waals surface area contributed by atoms with Crippen LogP contribution in [0.4, 0.5) is 15.8 Å². The third-order valence-electron chi connectivity index (χ3n) is 3.05. The summed E-state index contributed by atoms with van der Waals surface area (Å²) < 4.78 is 12.8. The monoisotopic (exact) mass is 271 g/mol. The zero-order valence-corrected chi connectivity index (χ0v) is 10.8. The number of pyridine rings is 1. The van der Waals surface area contributed by atoms with Crippen LogP contribution < -0.4 is 10.6 Å². The van der Waals surface area contributed by atoms with Crippen LogP contribution in [-0.2, 0) is 0 Å². The fourth-order valence-corrected chi connectivity index (χ4v) is 1.83. The lowest BCUT2D eigenvalue weighted by molar-refractivity contribution is 0.0951. The molecule has 1 fully saturated rings. The van der Waals surface area contributed by atoms with E-state index in [1.54, 1.807) is 24.4 Å². The van der Waals surface area contributed by atoms with Crippen molar-refractivity contribution < 1.29 is 9.18 Å². The molecule has 0 saturated heterocycles. The number of aromatic nitrogens is 1. The standard InChI is InChI=1S/C15H14FN3O/c16-11-1-3-12(4-2-11)18-14-7-10(8-17-9-14)15(20)19-13-5-6-13/h1-4,7-9,13,18H,5-6H2,(H,19,20). The van der Waals surface area contributed by atoms with Crippen LogP contribution in [0.25, 0.3) is 0 Å². The van der Waals surface area contributed by atoms with Gasteiger partial charge in [0.1, 0.15) is 5.82 Å². The fraction of sp³-hybridized carbons (Fsp3) is 0.200. The summed E-state index contributed by atoms with van der Waals surface area (Å²) >= 11 is 0. The SMILES string of the molecule is O=C(NC1CC1)c1cncc(Nc2ccc(F)cc2)c1. The van der Waals surface area contributed by atoms with Crippen LogP contribution in [0, 0.1) is 5.82 Å². The molecule has 0 spiro atoms. The number of hydrogen-bond donors (Lipinski definition) is 2. The van der Waals surface area contributed by atoms with Gasteiger partial charge in [-0.2, -0.15) is 0 Å². The molecule has 1 heterocycles. The van der Waals surface area contributed by atoms with E-state index in [4.69, 9.17) is 0 Å². The molecule has 0 aliphatic heterocycles. The van der Waals surface area contributed by atoms with Gasteiger partial charge < -0.3 is 10.6 Å². The lowest BCUT2D eigenvalue weighted by atomic mass is 10.2. The smallest absolute Gasteiger partial charge is 0.253 e. The average molecular weight is 271 g/mol. The highest BCUT2D eigenvalue weighted by atomic mass is 19.1. The molecule has 102 valence electrons. The van der Waals surface area contributed by atoms with E-state index in [0.29, 0.717) is 17.3 Å². The summed E-state index contributed by atoms with van der Waals surface area (Å²) in [6.45, 7) is 0. The number of amides is 1. The van der Waals surface area contributed by atoms with E-state index in [1.165, 1.54) is 18.3 Å². The molecular formula is C15H14FN3O. The second-order valence-corrected chi connectivity index (χ2v) is 4.84. The van der Waals surface area contributed by atoms with E-state index in [2.05, 4.69) is 15.6 Å². The Morgan fingerprint density at radius 1 is 1.15 bits per heavy atom. The van der Waals surface area contributed by atoms with Crippen LogP contribution >= 0.6 is 0 Å². The van der Waals surface area contributed by atoms with E-state index in [0.717, 1.165) is 18.5 Å². The second-order valence-electron chi connectivity index (χ2n) is 4.84. The normalized spacial score (nSPS) is 13.8. The van der Waals surface area contributed by atoms with Gasteiger partial charge in [0.25, 0.3) is 5.91 Å². The molecule has 0 atom stereocenters. The van der Waals surface area contributed by atoms with Gasteiger partial charge in [-0.25, -0.2) is 4.39 Å². The van der Waals surface area contributed by atoms with E-state index >= 15 is 0 Å². The highest BCUT2D eigenvalue weighted by molar-refractivity contribution is 5.95. The van der Waals surface area contributed by atoms with Gasteiger partial charge in [-0.1, -0.05) is 0 Å². The summed E-state index contributed by atoms with van der Waals surface area (Å²) in [5.74, 6) is -0.394. The Morgan fingerprint density at radius 2 is 1.90 bits per heavy atom. The Balaban J connectivity index is 1.73. The average Bonchev–Trinajstić information content (AvgIpc) is 3.26. The van der Waals surface area contributed by atoms with Crippen LogP contribution in [0.3, 0.4) is 0 Å². The Labute approximate surface area is 116 Å². The van der Waals surface area contributed by atoms with Crippen molar-refractivity contribution in [2.75, 3.05) is 5.32 Å². The van der Waals surface area contributed by atoms with Crippen LogP contribution in [0.2, 0.25) is 0 Å². The van der Waals surface area contributed by atoms with Crippen molar-refractivity contribution in [1.29, 1.82) is 0 Å². The molecule has 0 bridgehead atoms. The molecule has 0 unspecified atom stereocenters. The van der Waals surface area contributed by atoms with Gasteiger partial charge in [0.05, 0.1) is 17.4 Å². The molecule has 2 N–H and O–H groups in total. The summed E-state index contributed by atoms with van der Waals surface area (Å²) in [5, 5.41) is 6.00. The maximum atomic E-state index is 12.8. The molecule has 0 radical (unpaired) electrons. The van der Waals surface area contributed by atoms with Gasteiger partial charge in [0.2, 0.25) is 0 Å². The summed E-state index contributed by atoms with van der Waals surface area (Å²) in [4.78, 5) is 16.0. The van der Waals surface area contributed by atoms with Crippen molar-refractivity contribution in [3.63, 3.8) is 0 Å². The quantitative estimate of drug-likeness (QED) is 0.899. The number of nitrogens with one attached hydrogen (secondary N) is 2. The molecule has 5 heteroatoms. The number of anilines is 2. The summed E-state index contributed by atoms with van der Waals surface area (Å²) in [6, 6.07) is 8.06. The Hall–Kier alpha value is -2.43. The van der Waals surface area contributed by atoms with Gasteiger partial charge in [0.15, 0.2) is 0 Å². The summed E-state index contributed by atoms with van der Waals surface area (Å²) in [5.41, 5.74) is 1.96. The van der Waals surface area contributed by atoms with E-state index < -0.39 is 0 Å². The summed E-state index contributed by atoms with van der Waals surface area (Å²) in [7, 11) is 0. The second kappa shape index (κ2) is 5.28. The molecule has 1 aromatic carbocycles. The number of nitrogens with zero attached hydrogens (tertiary/aromatic N) is 1. The zero-order valence-electron chi connectivity index (χ0n) is 10.8. The molecule has 3 rings (SSSR count). The Morgan fingerprint density at radius 3 is 2.60 bits per heavy atom. The fourth-order valence-electron chi connectivity index (χ4n) is 1.83. The first-order chi connectivity index (χ1) is 9.70. The minimum atomic E-state index is -0.286. The van der Waals surface area contributed by atoms with Crippen molar-refractivity contribution in [3.05, 3.63) is 54.1 Å². The van der Waals surface area contributed by atoms with Gasteiger partial charge in [-0.05, 0) is 43.2 Å². The third kappa shape index (κ3) is 3.12. The number of rotatable bonds is 4. The minimum Gasteiger partial charge on any atom is -0.354 e. The molecular weight excluding hydrogens is 257 g/mol. The number of hydrogen-bond acceptors (Lipinski definition) is 3. The van der Waals surface area contributed by atoms with E-state index in [9.17, 15) is 9.18 Å². The first-order valence-corrected chi connectivity index (χ1v) is 6.49. The molecule has 1 saturated carbocycles. The Kier molecular flexibility index (Phi) is 3.33. The summed E-state index contributed by atoms with van der Waals surface area (Å²) in [6.07, 6.45) is 5.25. The molecule has 1 aliphatic carbocycles. The third-order valence-corrected chi connectivity index (χ3v) is 3.05. The van der Waals surface area contributed by atoms with Crippen LogP contribution in [-0.4, -0.2) is 16.9 Å². The minimum absolute atomic E-state index is 0.109. The maximum Gasteiger partial charge on any atom is 0.253 e. The van der Waals surface area contributed by atoms with E-state index in [-0.39, 0.29) is 11.7 Å². The van der Waals surface area contributed by atoms with Crippen molar-refractivity contribution in [3.8, 4) is 0 Å². The van der Waals surface area contributed by atoms with E-state index in [1.807, 2.05) is 0 Å². The topological polar surface area (TPSA) is 54.0 Å². The molecule has 4 nitrogen and oxygen atoms in total. The lowest BCUT2D eigenvalue weighted by Crippen LogP contribution is -2.25. The lowest BCUT2D eigenvalue weighted by Gasteiger charge is -2.08. The van der Waals surface area contributed by atoms with Crippen molar-refractivity contribution in [2.45, 2.75) is 18.9 Å². The predicted molar refractivity (Wildman–Crippen MR) is 74.4 cm³/mol. The molecule has 20 heavy (non-hydrogen) atoms. The first-order valence-electron chi connectivity index (χ1n) is 6.49. The number of carbonyl (C=O) groups is 1. The zero-order chi connectivity index (χ0) is 13.9. The molecule has 1 amide bonds. The predicted octanol–water partition coefficient (Wildman–Crippen LogP) is 2.86. The van der Waals surface area contributed by atoms with Crippen LogP contribution in [0.15, 0.2) is 42.7 Å². The van der Waals surface area contributed by atoms with Crippen molar-refractivity contribution in [1.82, 2.24) is 10.3 Å². The number of carbonyl (C=O) groups excluding carboxylic acids is 1. The largest absolute Gasteiger partial charge is 0.354 e. The Bertz CT molecular complexity index is 623. The molecule has 1 aromatic heterocycles. The highest BCUT2D eigenvalue weighted by Crippen LogP contribution is 2.20.